The van der Waals surface area contributed by atoms with Gasteiger partial charge in [0.25, 0.3) is 0 Å². The molecule has 0 saturated carbocycles. The van der Waals surface area contributed by atoms with Crippen LogP contribution in [0.3, 0.4) is 0 Å². The number of hydrogen-bond acceptors (Lipinski definition) is 4. The second-order valence-electron chi connectivity index (χ2n) is 5.46. The molecule has 0 amide bonds. The van der Waals surface area contributed by atoms with E-state index in [2.05, 4.69) is 4.98 Å². The van der Waals surface area contributed by atoms with Crippen LogP contribution in [0.1, 0.15) is 27.2 Å². The number of rotatable bonds is 4. The summed E-state index contributed by atoms with van der Waals surface area (Å²) in [5.74, 6) is -0.314. The molecule has 0 spiro atoms. The number of aryl methyl sites for hydroxylation is 2. The summed E-state index contributed by atoms with van der Waals surface area (Å²) in [5.41, 5.74) is 4.53. The molecule has 0 unspecified atom stereocenters. The molecule has 4 heteroatoms. The van der Waals surface area contributed by atoms with Gasteiger partial charge in [0.15, 0.2) is 0 Å². The molecule has 3 rings (SSSR count). The average Bonchev–Trinajstić information content (AvgIpc) is 3.01. The predicted octanol–water partition coefficient (Wildman–Crippen LogP) is 4.78. The SMILES string of the molecule is Cc1cc(C)cc(C(=O)OCc2csc(-c3ccccc3)n2)c1. The molecule has 0 radical (unpaired) electrons. The molecule has 2 aromatic carbocycles. The van der Waals surface area contributed by atoms with Gasteiger partial charge in [-0.2, -0.15) is 0 Å². The molecule has 0 N–H and O–H groups in total. The first-order valence-corrected chi connectivity index (χ1v) is 8.25. The normalized spacial score (nSPS) is 10.5. The molecule has 3 nitrogen and oxygen atoms in total. The summed E-state index contributed by atoms with van der Waals surface area (Å²) in [6.07, 6.45) is 0. The van der Waals surface area contributed by atoms with E-state index in [0.717, 1.165) is 27.4 Å². The number of esters is 1. The van der Waals surface area contributed by atoms with Crippen molar-refractivity contribution in [2.45, 2.75) is 20.5 Å². The van der Waals surface area contributed by atoms with Crippen molar-refractivity contribution in [3.63, 3.8) is 0 Å². The van der Waals surface area contributed by atoms with Gasteiger partial charge in [0, 0.05) is 10.9 Å². The van der Waals surface area contributed by atoms with Gasteiger partial charge in [-0.1, -0.05) is 47.5 Å². The smallest absolute Gasteiger partial charge is 0.338 e. The van der Waals surface area contributed by atoms with Crippen LogP contribution in [0.25, 0.3) is 10.6 Å². The molecule has 0 saturated heterocycles. The molecule has 0 atom stereocenters. The van der Waals surface area contributed by atoms with Gasteiger partial charge in [0.2, 0.25) is 0 Å². The summed E-state index contributed by atoms with van der Waals surface area (Å²) < 4.78 is 5.38. The van der Waals surface area contributed by atoms with E-state index in [-0.39, 0.29) is 12.6 Å². The summed E-state index contributed by atoms with van der Waals surface area (Å²) in [6.45, 7) is 4.13. The quantitative estimate of drug-likeness (QED) is 0.648. The van der Waals surface area contributed by atoms with E-state index in [9.17, 15) is 4.79 Å². The van der Waals surface area contributed by atoms with Crippen molar-refractivity contribution in [1.82, 2.24) is 4.98 Å². The zero-order valence-electron chi connectivity index (χ0n) is 13.1. The topological polar surface area (TPSA) is 39.2 Å². The molecule has 0 aliphatic rings. The Kier molecular flexibility index (Phi) is 4.53. The number of aromatic nitrogens is 1. The van der Waals surface area contributed by atoms with Crippen molar-refractivity contribution in [2.24, 2.45) is 0 Å². The highest BCUT2D eigenvalue weighted by molar-refractivity contribution is 7.13. The van der Waals surface area contributed by atoms with Crippen molar-refractivity contribution >= 4 is 17.3 Å². The second kappa shape index (κ2) is 6.75. The van der Waals surface area contributed by atoms with Gasteiger partial charge in [0.05, 0.1) is 11.3 Å². The van der Waals surface area contributed by atoms with Gasteiger partial charge >= 0.3 is 5.97 Å². The van der Waals surface area contributed by atoms with E-state index in [1.54, 1.807) is 11.3 Å². The Bertz CT molecular complexity index is 804. The minimum absolute atomic E-state index is 0.190. The zero-order valence-corrected chi connectivity index (χ0v) is 13.9. The molecule has 116 valence electrons. The highest BCUT2D eigenvalue weighted by Gasteiger charge is 2.10. The Morgan fingerprint density at radius 1 is 1.09 bits per heavy atom. The van der Waals surface area contributed by atoms with Gasteiger partial charge < -0.3 is 4.74 Å². The molecule has 0 aliphatic carbocycles. The monoisotopic (exact) mass is 323 g/mol. The van der Waals surface area contributed by atoms with E-state index in [4.69, 9.17) is 4.74 Å². The standard InChI is InChI=1S/C19H17NO2S/c1-13-8-14(2)10-16(9-13)19(21)22-11-17-12-23-18(20-17)15-6-4-3-5-7-15/h3-10,12H,11H2,1-2H3. The van der Waals surface area contributed by atoms with Crippen molar-refractivity contribution in [3.05, 3.63) is 76.3 Å². The molecule has 1 heterocycles. The Morgan fingerprint density at radius 3 is 2.48 bits per heavy atom. The maximum Gasteiger partial charge on any atom is 0.338 e. The van der Waals surface area contributed by atoms with Crippen LogP contribution in [-0.2, 0) is 11.3 Å². The maximum atomic E-state index is 12.2. The molecule has 0 bridgehead atoms. The molecule has 23 heavy (non-hydrogen) atoms. The van der Waals surface area contributed by atoms with Crippen molar-refractivity contribution in [2.75, 3.05) is 0 Å². The third kappa shape index (κ3) is 3.85. The molecule has 0 fully saturated rings. The number of ether oxygens (including phenoxy) is 1. The van der Waals surface area contributed by atoms with Gasteiger partial charge in [-0.25, -0.2) is 9.78 Å². The second-order valence-corrected chi connectivity index (χ2v) is 6.32. The van der Waals surface area contributed by atoms with E-state index in [1.807, 2.05) is 67.8 Å². The number of benzene rings is 2. The summed E-state index contributed by atoms with van der Waals surface area (Å²) >= 11 is 1.55. The van der Waals surface area contributed by atoms with Crippen LogP contribution in [0, 0.1) is 13.8 Å². The molecule has 1 aromatic heterocycles. The van der Waals surface area contributed by atoms with Crippen molar-refractivity contribution in [1.29, 1.82) is 0 Å². The van der Waals surface area contributed by atoms with Gasteiger partial charge in [-0.15, -0.1) is 11.3 Å². The Labute approximate surface area is 139 Å². The van der Waals surface area contributed by atoms with Crippen LogP contribution in [0.15, 0.2) is 53.9 Å². The van der Waals surface area contributed by atoms with Gasteiger partial charge in [-0.05, 0) is 26.0 Å². The fourth-order valence-electron chi connectivity index (χ4n) is 2.40. The van der Waals surface area contributed by atoms with Crippen LogP contribution < -0.4 is 0 Å². The summed E-state index contributed by atoms with van der Waals surface area (Å²) in [4.78, 5) is 16.7. The maximum absolute atomic E-state index is 12.2. The minimum Gasteiger partial charge on any atom is -0.456 e. The largest absolute Gasteiger partial charge is 0.456 e. The lowest BCUT2D eigenvalue weighted by Gasteiger charge is -2.05. The third-order valence-electron chi connectivity index (χ3n) is 3.38. The predicted molar refractivity (Wildman–Crippen MR) is 92.6 cm³/mol. The summed E-state index contributed by atoms with van der Waals surface area (Å²) in [5, 5.41) is 2.86. The van der Waals surface area contributed by atoms with Crippen LogP contribution in [0.2, 0.25) is 0 Å². The number of thiazole rings is 1. The lowest BCUT2D eigenvalue weighted by molar-refractivity contribution is 0.0468. The van der Waals surface area contributed by atoms with Crippen LogP contribution >= 0.6 is 11.3 Å². The van der Waals surface area contributed by atoms with Crippen LogP contribution in [-0.4, -0.2) is 11.0 Å². The number of hydrogen-bond donors (Lipinski definition) is 0. The highest BCUT2D eigenvalue weighted by atomic mass is 32.1. The highest BCUT2D eigenvalue weighted by Crippen LogP contribution is 2.23. The van der Waals surface area contributed by atoms with E-state index < -0.39 is 0 Å². The first kappa shape index (κ1) is 15.4. The van der Waals surface area contributed by atoms with Gasteiger partial charge in [0.1, 0.15) is 11.6 Å². The van der Waals surface area contributed by atoms with Crippen molar-refractivity contribution in [3.8, 4) is 10.6 Å². The first-order valence-electron chi connectivity index (χ1n) is 7.37. The lowest BCUT2D eigenvalue weighted by Crippen LogP contribution is -2.06. The van der Waals surface area contributed by atoms with Crippen LogP contribution in [0.5, 0.6) is 0 Å². The van der Waals surface area contributed by atoms with E-state index in [1.165, 1.54) is 0 Å². The zero-order chi connectivity index (χ0) is 16.2. The van der Waals surface area contributed by atoms with Crippen LogP contribution in [0.4, 0.5) is 0 Å². The minimum atomic E-state index is -0.314. The van der Waals surface area contributed by atoms with Gasteiger partial charge in [-0.3, -0.25) is 0 Å². The number of nitrogens with zero attached hydrogens (tertiary/aromatic N) is 1. The average molecular weight is 323 g/mol. The lowest BCUT2D eigenvalue weighted by atomic mass is 10.1. The molecular formula is C19H17NO2S. The van der Waals surface area contributed by atoms with E-state index in [0.29, 0.717) is 5.56 Å². The fourth-order valence-corrected chi connectivity index (χ4v) is 3.21. The summed E-state index contributed by atoms with van der Waals surface area (Å²) in [7, 11) is 0. The molecular weight excluding hydrogens is 306 g/mol. The third-order valence-corrected chi connectivity index (χ3v) is 4.32. The fraction of sp³-hybridized carbons (Fsp3) is 0.158. The number of carbonyl (C=O) groups is 1. The summed E-state index contributed by atoms with van der Waals surface area (Å²) in [6, 6.07) is 15.7. The van der Waals surface area contributed by atoms with Crippen molar-refractivity contribution < 1.29 is 9.53 Å². The Morgan fingerprint density at radius 2 is 1.78 bits per heavy atom. The number of carbonyl (C=O) groups excluding carboxylic acids is 1. The Hall–Kier alpha value is -2.46. The molecule has 3 aromatic rings. The van der Waals surface area contributed by atoms with E-state index >= 15 is 0 Å². The first-order chi connectivity index (χ1) is 11.1. The molecule has 0 aliphatic heterocycles. The Balaban J connectivity index is 1.67.